The third kappa shape index (κ3) is 3.05. The molecule has 23 heavy (non-hydrogen) atoms. The van der Waals surface area contributed by atoms with E-state index < -0.39 is 12.1 Å². The number of hydrogen-bond acceptors (Lipinski definition) is 3. The van der Waals surface area contributed by atoms with Crippen LogP contribution in [0.2, 0.25) is 0 Å². The molecule has 1 aliphatic heterocycles. The average molecular weight is 320 g/mol. The Morgan fingerprint density at radius 2 is 2.26 bits per heavy atom. The van der Waals surface area contributed by atoms with Gasteiger partial charge in [-0.1, -0.05) is 0 Å². The number of aryl methyl sites for hydroxylation is 1. The van der Waals surface area contributed by atoms with Gasteiger partial charge in [-0.3, -0.25) is 4.79 Å². The predicted octanol–water partition coefficient (Wildman–Crippen LogP) is 1.47. The zero-order valence-corrected chi connectivity index (χ0v) is 12.6. The second-order valence-corrected chi connectivity index (χ2v) is 5.63. The van der Waals surface area contributed by atoms with E-state index in [9.17, 15) is 14.0 Å². The second kappa shape index (κ2) is 6.00. The van der Waals surface area contributed by atoms with Crippen molar-refractivity contribution in [3.05, 3.63) is 35.3 Å². The summed E-state index contributed by atoms with van der Waals surface area (Å²) < 4.78 is 18.6. The largest absolute Gasteiger partial charge is 0.479 e. The number of benzene rings is 1. The summed E-state index contributed by atoms with van der Waals surface area (Å²) in [5.41, 5.74) is 2.32. The molecule has 0 bridgehead atoms. The molecular formula is C16H17FN2O4. The SMILES string of the molecule is Cc1[nH]c2ccc(F)cc2c1CC(=O)N1CCOC(C(=O)O)C1. The molecule has 7 heteroatoms. The maximum atomic E-state index is 13.5. The Morgan fingerprint density at radius 1 is 1.48 bits per heavy atom. The Labute approximate surface area is 131 Å². The molecule has 2 N–H and O–H groups in total. The van der Waals surface area contributed by atoms with Crippen LogP contribution in [0.4, 0.5) is 4.39 Å². The number of ether oxygens (including phenoxy) is 1. The molecule has 0 aliphatic carbocycles. The monoisotopic (exact) mass is 320 g/mol. The lowest BCUT2D eigenvalue weighted by Gasteiger charge is -2.31. The number of carboxylic acids is 1. The first-order chi connectivity index (χ1) is 11.0. The van der Waals surface area contributed by atoms with E-state index in [1.165, 1.54) is 17.0 Å². The van der Waals surface area contributed by atoms with Gasteiger partial charge in [0.1, 0.15) is 5.82 Å². The highest BCUT2D eigenvalue weighted by Gasteiger charge is 2.29. The van der Waals surface area contributed by atoms with Crippen LogP contribution in [0.25, 0.3) is 10.9 Å². The highest BCUT2D eigenvalue weighted by Crippen LogP contribution is 2.24. The number of carbonyl (C=O) groups excluding carboxylic acids is 1. The Bertz CT molecular complexity index is 771. The molecule has 1 aromatic heterocycles. The maximum Gasteiger partial charge on any atom is 0.334 e. The van der Waals surface area contributed by atoms with Crippen LogP contribution in [0, 0.1) is 12.7 Å². The van der Waals surface area contributed by atoms with Crippen molar-refractivity contribution in [1.82, 2.24) is 9.88 Å². The zero-order valence-electron chi connectivity index (χ0n) is 12.6. The molecule has 122 valence electrons. The van der Waals surface area contributed by atoms with Gasteiger partial charge < -0.3 is 19.7 Å². The van der Waals surface area contributed by atoms with E-state index in [4.69, 9.17) is 9.84 Å². The van der Waals surface area contributed by atoms with Crippen LogP contribution in [0.5, 0.6) is 0 Å². The van der Waals surface area contributed by atoms with Gasteiger partial charge in [-0.05, 0) is 30.7 Å². The summed E-state index contributed by atoms with van der Waals surface area (Å²) in [7, 11) is 0. The molecule has 1 fully saturated rings. The fourth-order valence-electron chi connectivity index (χ4n) is 2.87. The van der Waals surface area contributed by atoms with Crippen molar-refractivity contribution in [1.29, 1.82) is 0 Å². The summed E-state index contributed by atoms with van der Waals surface area (Å²) in [5, 5.41) is 9.68. The molecule has 0 spiro atoms. The molecule has 1 saturated heterocycles. The third-order valence-electron chi connectivity index (χ3n) is 4.10. The van der Waals surface area contributed by atoms with Crippen LogP contribution >= 0.6 is 0 Å². The van der Waals surface area contributed by atoms with E-state index in [-0.39, 0.29) is 31.3 Å². The summed E-state index contributed by atoms with van der Waals surface area (Å²) in [4.78, 5) is 28.1. The molecular weight excluding hydrogens is 303 g/mol. The van der Waals surface area contributed by atoms with Crippen LogP contribution in [0.3, 0.4) is 0 Å². The van der Waals surface area contributed by atoms with Crippen molar-refractivity contribution < 1.29 is 23.8 Å². The minimum absolute atomic E-state index is 0.0317. The first-order valence-electron chi connectivity index (χ1n) is 7.34. The number of aromatic amines is 1. The van der Waals surface area contributed by atoms with Crippen molar-refractivity contribution in [3.8, 4) is 0 Å². The van der Waals surface area contributed by atoms with Gasteiger partial charge in [0, 0.05) is 23.1 Å². The van der Waals surface area contributed by atoms with Crippen LogP contribution in [0.1, 0.15) is 11.3 Å². The van der Waals surface area contributed by atoms with Gasteiger partial charge in [-0.15, -0.1) is 0 Å². The summed E-state index contributed by atoms with van der Waals surface area (Å²) in [6.45, 7) is 2.42. The second-order valence-electron chi connectivity index (χ2n) is 5.63. The highest BCUT2D eigenvalue weighted by atomic mass is 19.1. The number of amides is 1. The van der Waals surface area contributed by atoms with Gasteiger partial charge in [-0.25, -0.2) is 9.18 Å². The molecule has 6 nitrogen and oxygen atoms in total. The Balaban J connectivity index is 1.81. The topological polar surface area (TPSA) is 82.6 Å². The smallest absolute Gasteiger partial charge is 0.334 e. The molecule has 1 aromatic carbocycles. The van der Waals surface area contributed by atoms with E-state index in [2.05, 4.69) is 4.98 Å². The van der Waals surface area contributed by atoms with Gasteiger partial charge in [-0.2, -0.15) is 0 Å². The molecule has 0 saturated carbocycles. The lowest BCUT2D eigenvalue weighted by Crippen LogP contribution is -2.49. The fraction of sp³-hybridized carbons (Fsp3) is 0.375. The number of carboxylic acid groups (broad SMARTS) is 1. The number of aliphatic carboxylic acids is 1. The molecule has 0 radical (unpaired) electrons. The summed E-state index contributed by atoms with van der Waals surface area (Å²) in [6, 6.07) is 4.41. The number of hydrogen-bond donors (Lipinski definition) is 2. The Morgan fingerprint density at radius 3 is 3.00 bits per heavy atom. The molecule has 1 amide bonds. The van der Waals surface area contributed by atoms with Crippen molar-refractivity contribution in [2.45, 2.75) is 19.4 Å². The number of aromatic nitrogens is 1. The normalized spacial score (nSPS) is 18.3. The van der Waals surface area contributed by atoms with E-state index in [1.54, 1.807) is 6.07 Å². The minimum Gasteiger partial charge on any atom is -0.479 e. The van der Waals surface area contributed by atoms with E-state index >= 15 is 0 Å². The first kappa shape index (κ1) is 15.5. The molecule has 1 unspecified atom stereocenters. The molecule has 1 atom stereocenters. The van der Waals surface area contributed by atoms with Gasteiger partial charge in [0.05, 0.1) is 19.6 Å². The predicted molar refractivity (Wildman–Crippen MR) is 80.7 cm³/mol. The molecule has 2 aromatic rings. The standard InChI is InChI=1S/C16H17FN2O4/c1-9-11(12-6-10(17)2-3-13(12)18-9)7-15(20)19-4-5-23-14(8-19)16(21)22/h2-3,6,14,18H,4-5,7-8H2,1H3,(H,21,22). The van der Waals surface area contributed by atoms with Crippen LogP contribution < -0.4 is 0 Å². The van der Waals surface area contributed by atoms with Crippen LogP contribution in [-0.4, -0.2) is 52.7 Å². The summed E-state index contributed by atoms with van der Waals surface area (Å²) in [6.07, 6.45) is -0.893. The number of H-pyrrole nitrogens is 1. The minimum atomic E-state index is -1.08. The van der Waals surface area contributed by atoms with Gasteiger partial charge in [0.2, 0.25) is 5.91 Å². The lowest BCUT2D eigenvalue weighted by atomic mass is 10.1. The number of fused-ring (bicyclic) bond motifs is 1. The average Bonchev–Trinajstić information content (AvgIpc) is 2.83. The molecule has 1 aliphatic rings. The van der Waals surface area contributed by atoms with Crippen molar-refractivity contribution in [3.63, 3.8) is 0 Å². The number of carbonyl (C=O) groups is 2. The number of nitrogens with one attached hydrogen (secondary N) is 1. The van der Waals surface area contributed by atoms with Crippen LogP contribution in [-0.2, 0) is 20.7 Å². The number of nitrogens with zero attached hydrogens (tertiary/aromatic N) is 1. The van der Waals surface area contributed by atoms with E-state index in [0.717, 1.165) is 16.8 Å². The van der Waals surface area contributed by atoms with Crippen molar-refractivity contribution in [2.24, 2.45) is 0 Å². The van der Waals surface area contributed by atoms with Crippen LogP contribution in [0.15, 0.2) is 18.2 Å². The Kier molecular flexibility index (Phi) is 4.04. The number of halogens is 1. The van der Waals surface area contributed by atoms with Crippen molar-refractivity contribution >= 4 is 22.8 Å². The third-order valence-corrected chi connectivity index (χ3v) is 4.10. The molecule has 3 rings (SSSR count). The lowest BCUT2D eigenvalue weighted by molar-refractivity contribution is -0.159. The number of morpholine rings is 1. The van der Waals surface area contributed by atoms with Gasteiger partial charge in [0.15, 0.2) is 6.10 Å². The fourth-order valence-corrected chi connectivity index (χ4v) is 2.87. The zero-order chi connectivity index (χ0) is 16.6. The van der Waals surface area contributed by atoms with Gasteiger partial charge in [0.25, 0.3) is 0 Å². The van der Waals surface area contributed by atoms with Gasteiger partial charge >= 0.3 is 5.97 Å². The van der Waals surface area contributed by atoms with Crippen molar-refractivity contribution in [2.75, 3.05) is 19.7 Å². The molecule has 2 heterocycles. The van der Waals surface area contributed by atoms with E-state index in [1.807, 2.05) is 6.92 Å². The van der Waals surface area contributed by atoms with E-state index in [0.29, 0.717) is 11.9 Å². The quantitative estimate of drug-likeness (QED) is 0.897. The summed E-state index contributed by atoms with van der Waals surface area (Å²) >= 11 is 0. The summed E-state index contributed by atoms with van der Waals surface area (Å²) in [5.74, 6) is -1.62. The first-order valence-corrected chi connectivity index (χ1v) is 7.34. The Hall–Kier alpha value is -2.41. The number of rotatable bonds is 3. The maximum absolute atomic E-state index is 13.5. The highest BCUT2D eigenvalue weighted by molar-refractivity contribution is 5.90.